The molecule has 0 spiro atoms. The molecule has 104 valence electrons. The maximum Gasteiger partial charge on any atom is 0.412 e. The van der Waals surface area contributed by atoms with Gasteiger partial charge in [-0.05, 0) is 44.5 Å². The van der Waals surface area contributed by atoms with Crippen molar-refractivity contribution in [1.82, 2.24) is 0 Å². The molecule has 1 aromatic rings. The van der Waals surface area contributed by atoms with Crippen LogP contribution in [-0.4, -0.2) is 17.5 Å². The van der Waals surface area contributed by atoms with Crippen LogP contribution in [0.25, 0.3) is 0 Å². The van der Waals surface area contributed by atoms with Gasteiger partial charge in [0.1, 0.15) is 11.4 Å². The summed E-state index contributed by atoms with van der Waals surface area (Å²) < 4.78 is 18.3. The number of anilines is 1. The summed E-state index contributed by atoms with van der Waals surface area (Å²) in [7, 11) is 0. The van der Waals surface area contributed by atoms with Crippen molar-refractivity contribution < 1.29 is 13.9 Å². The minimum Gasteiger partial charge on any atom is -0.444 e. The Labute approximate surface area is 111 Å². The van der Waals surface area contributed by atoms with Crippen LogP contribution in [0, 0.1) is 11.2 Å². The Kier molecular flexibility index (Phi) is 4.47. The number of nitrogens with one attached hydrogen (secondary N) is 2. The van der Waals surface area contributed by atoms with Crippen LogP contribution in [0.4, 0.5) is 14.9 Å². The van der Waals surface area contributed by atoms with E-state index in [9.17, 15) is 9.18 Å². The molecule has 0 radical (unpaired) electrons. The van der Waals surface area contributed by atoms with E-state index in [0.717, 1.165) is 0 Å². The Hall–Kier alpha value is -2.11. The summed E-state index contributed by atoms with van der Waals surface area (Å²) >= 11 is 0. The summed E-state index contributed by atoms with van der Waals surface area (Å²) in [6.45, 7) is 5.23. The fourth-order valence-corrected chi connectivity index (χ4v) is 1.45. The summed E-state index contributed by atoms with van der Waals surface area (Å²) in [5.41, 5.74) is 5.48. The standard InChI is InChI=1S/C13H18FN3O2/c1-13(2,3)19-12(18)17-10-5-4-9(14)6-8(10)7-11(15)16/h4-6H,7H2,1-3H3,(H3,15,16)(H,17,18). The van der Waals surface area contributed by atoms with Gasteiger partial charge in [0.15, 0.2) is 0 Å². The number of amides is 1. The Morgan fingerprint density at radius 2 is 2.11 bits per heavy atom. The molecule has 0 aliphatic heterocycles. The minimum absolute atomic E-state index is 0.0584. The molecule has 0 unspecified atom stereocenters. The van der Waals surface area contributed by atoms with Crippen molar-refractivity contribution in [2.45, 2.75) is 32.8 Å². The fourth-order valence-electron chi connectivity index (χ4n) is 1.45. The van der Waals surface area contributed by atoms with Gasteiger partial charge in [0.25, 0.3) is 0 Å². The van der Waals surface area contributed by atoms with E-state index < -0.39 is 17.5 Å². The van der Waals surface area contributed by atoms with E-state index in [-0.39, 0.29) is 12.3 Å². The van der Waals surface area contributed by atoms with E-state index in [1.54, 1.807) is 20.8 Å². The third kappa shape index (κ3) is 5.37. The molecule has 0 aliphatic rings. The van der Waals surface area contributed by atoms with Gasteiger partial charge in [-0.3, -0.25) is 10.7 Å². The summed E-state index contributed by atoms with van der Waals surface area (Å²) in [5, 5.41) is 9.76. The van der Waals surface area contributed by atoms with Crippen molar-refractivity contribution in [3.05, 3.63) is 29.6 Å². The van der Waals surface area contributed by atoms with E-state index in [1.807, 2.05) is 0 Å². The highest BCUT2D eigenvalue weighted by atomic mass is 19.1. The number of hydrogen-bond donors (Lipinski definition) is 3. The number of carbonyl (C=O) groups is 1. The highest BCUT2D eigenvalue weighted by Gasteiger charge is 2.17. The molecule has 0 heterocycles. The Bertz CT molecular complexity index is 495. The SMILES string of the molecule is CC(C)(C)OC(=O)Nc1ccc(F)cc1CC(=N)N. The van der Waals surface area contributed by atoms with Gasteiger partial charge < -0.3 is 10.5 Å². The predicted molar refractivity (Wildman–Crippen MR) is 71.9 cm³/mol. The van der Waals surface area contributed by atoms with Gasteiger partial charge in [-0.15, -0.1) is 0 Å². The van der Waals surface area contributed by atoms with Gasteiger partial charge in [0.05, 0.1) is 5.84 Å². The second-order valence-corrected chi connectivity index (χ2v) is 5.13. The molecule has 0 saturated heterocycles. The van der Waals surface area contributed by atoms with Gasteiger partial charge in [-0.25, -0.2) is 9.18 Å². The molecule has 6 heteroatoms. The highest BCUT2D eigenvalue weighted by molar-refractivity contribution is 5.88. The average Bonchev–Trinajstić information content (AvgIpc) is 2.18. The predicted octanol–water partition coefficient (Wildman–Crippen LogP) is 2.65. The van der Waals surface area contributed by atoms with Crippen LogP contribution in [0.15, 0.2) is 18.2 Å². The summed E-state index contributed by atoms with van der Waals surface area (Å²) in [4.78, 5) is 11.6. The maximum absolute atomic E-state index is 13.2. The second-order valence-electron chi connectivity index (χ2n) is 5.13. The van der Waals surface area contributed by atoms with Crippen LogP contribution < -0.4 is 11.1 Å². The first-order chi connectivity index (χ1) is 8.67. The van der Waals surface area contributed by atoms with Crippen LogP contribution in [0.5, 0.6) is 0 Å². The van der Waals surface area contributed by atoms with Crippen LogP contribution in [-0.2, 0) is 11.2 Å². The van der Waals surface area contributed by atoms with E-state index in [2.05, 4.69) is 5.32 Å². The molecule has 0 bridgehead atoms. The Balaban J connectivity index is 2.88. The van der Waals surface area contributed by atoms with Crippen molar-refractivity contribution in [1.29, 1.82) is 5.41 Å². The smallest absolute Gasteiger partial charge is 0.412 e. The number of hydrogen-bond acceptors (Lipinski definition) is 3. The fraction of sp³-hybridized carbons (Fsp3) is 0.385. The van der Waals surface area contributed by atoms with E-state index in [1.165, 1.54) is 18.2 Å². The summed E-state index contributed by atoms with van der Waals surface area (Å²) in [6, 6.07) is 3.86. The Morgan fingerprint density at radius 1 is 1.47 bits per heavy atom. The van der Waals surface area contributed by atoms with Gasteiger partial charge in [0.2, 0.25) is 0 Å². The quantitative estimate of drug-likeness (QED) is 0.581. The average molecular weight is 267 g/mol. The molecule has 5 nitrogen and oxygen atoms in total. The number of nitrogens with two attached hydrogens (primary N) is 1. The van der Waals surface area contributed by atoms with Crippen molar-refractivity contribution in [3.8, 4) is 0 Å². The van der Waals surface area contributed by atoms with E-state index in [0.29, 0.717) is 11.3 Å². The molecular weight excluding hydrogens is 249 g/mol. The molecule has 0 aromatic heterocycles. The van der Waals surface area contributed by atoms with Crippen LogP contribution >= 0.6 is 0 Å². The van der Waals surface area contributed by atoms with Crippen molar-refractivity contribution in [2.75, 3.05) is 5.32 Å². The second kappa shape index (κ2) is 5.69. The number of amidine groups is 1. The van der Waals surface area contributed by atoms with Gasteiger partial charge in [-0.1, -0.05) is 0 Å². The lowest BCUT2D eigenvalue weighted by Gasteiger charge is -2.20. The molecule has 0 fully saturated rings. The van der Waals surface area contributed by atoms with E-state index in [4.69, 9.17) is 15.9 Å². The van der Waals surface area contributed by atoms with Crippen molar-refractivity contribution in [3.63, 3.8) is 0 Å². The van der Waals surface area contributed by atoms with E-state index >= 15 is 0 Å². The number of carbonyl (C=O) groups excluding carboxylic acids is 1. The van der Waals surface area contributed by atoms with Crippen LogP contribution in [0.2, 0.25) is 0 Å². The minimum atomic E-state index is -0.635. The zero-order valence-corrected chi connectivity index (χ0v) is 11.2. The van der Waals surface area contributed by atoms with Crippen molar-refractivity contribution in [2.24, 2.45) is 5.73 Å². The first-order valence-corrected chi connectivity index (χ1v) is 5.79. The third-order valence-electron chi connectivity index (χ3n) is 2.08. The zero-order valence-electron chi connectivity index (χ0n) is 11.2. The third-order valence-corrected chi connectivity index (χ3v) is 2.08. The van der Waals surface area contributed by atoms with Gasteiger partial charge >= 0.3 is 6.09 Å². The van der Waals surface area contributed by atoms with Gasteiger partial charge in [0, 0.05) is 12.1 Å². The molecule has 0 saturated carbocycles. The lowest BCUT2D eigenvalue weighted by Crippen LogP contribution is -2.27. The van der Waals surface area contributed by atoms with Crippen molar-refractivity contribution >= 4 is 17.6 Å². The monoisotopic (exact) mass is 267 g/mol. The maximum atomic E-state index is 13.2. The first-order valence-electron chi connectivity index (χ1n) is 5.79. The molecule has 4 N–H and O–H groups in total. The lowest BCUT2D eigenvalue weighted by atomic mass is 10.1. The lowest BCUT2D eigenvalue weighted by molar-refractivity contribution is 0.0636. The number of halogens is 1. The normalized spacial score (nSPS) is 10.9. The molecule has 0 aliphatic carbocycles. The first kappa shape index (κ1) is 14.9. The zero-order chi connectivity index (χ0) is 14.6. The Morgan fingerprint density at radius 3 is 2.63 bits per heavy atom. The molecular formula is C13H18FN3O2. The topological polar surface area (TPSA) is 88.2 Å². The molecule has 1 rings (SSSR count). The van der Waals surface area contributed by atoms with Crippen LogP contribution in [0.3, 0.4) is 0 Å². The van der Waals surface area contributed by atoms with Gasteiger partial charge in [-0.2, -0.15) is 0 Å². The van der Waals surface area contributed by atoms with Crippen LogP contribution in [0.1, 0.15) is 26.3 Å². The summed E-state index contributed by atoms with van der Waals surface area (Å²) in [5.74, 6) is -0.566. The molecule has 1 aromatic carbocycles. The number of rotatable bonds is 3. The molecule has 1 amide bonds. The summed E-state index contributed by atoms with van der Waals surface area (Å²) in [6.07, 6.45) is -0.577. The highest BCUT2D eigenvalue weighted by Crippen LogP contribution is 2.19. The largest absolute Gasteiger partial charge is 0.444 e. The number of ether oxygens (including phenoxy) is 1. The molecule has 0 atom stereocenters. The molecule has 19 heavy (non-hydrogen) atoms. The number of benzene rings is 1.